The fourth-order valence-electron chi connectivity index (χ4n) is 1.44. The van der Waals surface area contributed by atoms with E-state index in [9.17, 15) is 4.79 Å². The van der Waals surface area contributed by atoms with Gasteiger partial charge in [0, 0.05) is 18.1 Å². The summed E-state index contributed by atoms with van der Waals surface area (Å²) in [4.78, 5) is 15.3. The molecule has 0 bridgehead atoms. The van der Waals surface area contributed by atoms with Crippen LogP contribution in [0.15, 0.2) is 10.7 Å². The van der Waals surface area contributed by atoms with Gasteiger partial charge in [0.1, 0.15) is 12.1 Å². The molecule has 70 valence electrons. The first-order chi connectivity index (χ1) is 6.34. The molecule has 1 atom stereocenters. The quantitative estimate of drug-likeness (QED) is 0.756. The van der Waals surface area contributed by atoms with E-state index >= 15 is 0 Å². The van der Waals surface area contributed by atoms with Gasteiger partial charge in [-0.3, -0.25) is 4.79 Å². The molecule has 0 aliphatic heterocycles. The lowest BCUT2D eigenvalue weighted by atomic mass is 9.99. The molecule has 0 aromatic carbocycles. The highest BCUT2D eigenvalue weighted by molar-refractivity contribution is 8.01. The van der Waals surface area contributed by atoms with Crippen LogP contribution < -0.4 is 0 Å². The molecule has 1 aliphatic rings. The first-order valence-electron chi connectivity index (χ1n) is 4.29. The SMILES string of the molecule is O=C1CCCC(Sc2ncns2)C1. The lowest BCUT2D eigenvalue weighted by molar-refractivity contribution is -0.120. The normalized spacial score (nSPS) is 23.4. The predicted octanol–water partition coefficient (Wildman–Crippen LogP) is 2.14. The fourth-order valence-corrected chi connectivity index (χ4v) is 3.38. The molecule has 1 heterocycles. The van der Waals surface area contributed by atoms with E-state index in [-0.39, 0.29) is 0 Å². The number of hydrogen-bond donors (Lipinski definition) is 0. The first kappa shape index (κ1) is 9.15. The molecule has 0 saturated heterocycles. The molecule has 5 heteroatoms. The van der Waals surface area contributed by atoms with Crippen molar-refractivity contribution in [2.75, 3.05) is 0 Å². The highest BCUT2D eigenvalue weighted by Gasteiger charge is 2.21. The smallest absolute Gasteiger partial charge is 0.170 e. The van der Waals surface area contributed by atoms with Crippen molar-refractivity contribution in [1.29, 1.82) is 0 Å². The topological polar surface area (TPSA) is 42.9 Å². The van der Waals surface area contributed by atoms with E-state index in [2.05, 4.69) is 9.36 Å². The van der Waals surface area contributed by atoms with Crippen LogP contribution in [0.4, 0.5) is 0 Å². The minimum absolute atomic E-state index is 0.397. The van der Waals surface area contributed by atoms with Gasteiger partial charge >= 0.3 is 0 Å². The second kappa shape index (κ2) is 4.19. The van der Waals surface area contributed by atoms with Crippen molar-refractivity contribution in [3.63, 3.8) is 0 Å². The summed E-state index contributed by atoms with van der Waals surface area (Å²) in [5.74, 6) is 0.397. The standard InChI is InChI=1S/C8H10N2OS2/c11-6-2-1-3-7(4-6)12-8-9-5-10-13-8/h5,7H,1-4H2. The zero-order valence-electron chi connectivity index (χ0n) is 7.10. The highest BCUT2D eigenvalue weighted by atomic mass is 32.2. The van der Waals surface area contributed by atoms with Crippen LogP contribution in [0.25, 0.3) is 0 Å². The van der Waals surface area contributed by atoms with Crippen LogP contribution in [0.1, 0.15) is 25.7 Å². The molecule has 3 nitrogen and oxygen atoms in total. The van der Waals surface area contributed by atoms with Gasteiger partial charge in [-0.2, -0.15) is 4.37 Å². The van der Waals surface area contributed by atoms with E-state index in [1.807, 2.05) is 0 Å². The summed E-state index contributed by atoms with van der Waals surface area (Å²) in [6.07, 6.45) is 5.22. The van der Waals surface area contributed by atoms with E-state index < -0.39 is 0 Å². The molecular weight excluding hydrogens is 204 g/mol. The van der Waals surface area contributed by atoms with Gasteiger partial charge in [-0.05, 0) is 24.4 Å². The molecular formula is C8H10N2OS2. The van der Waals surface area contributed by atoms with E-state index in [0.717, 1.165) is 23.6 Å². The van der Waals surface area contributed by atoms with Gasteiger partial charge in [0.2, 0.25) is 0 Å². The fraction of sp³-hybridized carbons (Fsp3) is 0.625. The van der Waals surface area contributed by atoms with Crippen molar-refractivity contribution in [3.05, 3.63) is 6.33 Å². The number of rotatable bonds is 2. The number of carbonyl (C=O) groups is 1. The third kappa shape index (κ3) is 2.51. The average Bonchev–Trinajstić information content (AvgIpc) is 2.57. The Bertz CT molecular complexity index is 286. The van der Waals surface area contributed by atoms with Gasteiger partial charge in [0.25, 0.3) is 0 Å². The maximum atomic E-state index is 11.2. The maximum absolute atomic E-state index is 11.2. The summed E-state index contributed by atoms with van der Waals surface area (Å²) in [5.41, 5.74) is 0. The van der Waals surface area contributed by atoms with Gasteiger partial charge in [0.15, 0.2) is 4.34 Å². The molecule has 0 spiro atoms. The average molecular weight is 214 g/mol. The lowest BCUT2D eigenvalue weighted by Gasteiger charge is -2.18. The van der Waals surface area contributed by atoms with E-state index in [1.54, 1.807) is 18.1 Å². The van der Waals surface area contributed by atoms with E-state index in [4.69, 9.17) is 0 Å². The van der Waals surface area contributed by atoms with Gasteiger partial charge in [-0.15, -0.1) is 0 Å². The molecule has 0 amide bonds. The van der Waals surface area contributed by atoms with Crippen molar-refractivity contribution in [2.45, 2.75) is 35.3 Å². The third-order valence-electron chi connectivity index (χ3n) is 2.05. The summed E-state index contributed by atoms with van der Waals surface area (Å²) < 4.78 is 4.92. The number of carbonyl (C=O) groups excluding carboxylic acids is 1. The Hall–Kier alpha value is -0.420. The minimum atomic E-state index is 0.397. The monoisotopic (exact) mass is 214 g/mol. The van der Waals surface area contributed by atoms with Gasteiger partial charge in [-0.1, -0.05) is 11.8 Å². The van der Waals surface area contributed by atoms with E-state index in [1.165, 1.54) is 11.5 Å². The molecule has 1 aliphatic carbocycles. The zero-order chi connectivity index (χ0) is 9.10. The number of nitrogens with zero attached hydrogens (tertiary/aromatic N) is 2. The predicted molar refractivity (Wildman–Crippen MR) is 53.0 cm³/mol. The summed E-state index contributed by atoms with van der Waals surface area (Å²) in [6.45, 7) is 0. The minimum Gasteiger partial charge on any atom is -0.300 e. The molecule has 1 saturated carbocycles. The summed E-state index contributed by atoms with van der Waals surface area (Å²) in [5, 5.41) is 0.439. The van der Waals surface area contributed by atoms with Gasteiger partial charge < -0.3 is 0 Å². The van der Waals surface area contributed by atoms with Crippen molar-refractivity contribution in [1.82, 2.24) is 9.36 Å². The Morgan fingerprint density at radius 1 is 1.62 bits per heavy atom. The Kier molecular flexibility index (Phi) is 2.95. The Morgan fingerprint density at radius 2 is 2.54 bits per heavy atom. The van der Waals surface area contributed by atoms with Gasteiger partial charge in [0.05, 0.1) is 0 Å². The highest BCUT2D eigenvalue weighted by Crippen LogP contribution is 2.32. The van der Waals surface area contributed by atoms with Crippen molar-refractivity contribution >= 4 is 29.1 Å². The van der Waals surface area contributed by atoms with Crippen LogP contribution in [0.3, 0.4) is 0 Å². The molecule has 1 fully saturated rings. The Morgan fingerprint density at radius 3 is 3.23 bits per heavy atom. The molecule has 1 unspecified atom stereocenters. The summed E-state index contributed by atoms with van der Waals surface area (Å²) in [6, 6.07) is 0. The summed E-state index contributed by atoms with van der Waals surface area (Å²) in [7, 11) is 0. The Balaban J connectivity index is 1.91. The van der Waals surface area contributed by atoms with Crippen molar-refractivity contribution in [2.24, 2.45) is 0 Å². The third-order valence-corrected chi connectivity index (χ3v) is 4.06. The number of Topliss-reactive ketones (excluding diaryl/α,β-unsaturated/α-hetero) is 1. The largest absolute Gasteiger partial charge is 0.300 e. The van der Waals surface area contributed by atoms with Crippen molar-refractivity contribution in [3.8, 4) is 0 Å². The molecule has 1 aromatic rings. The van der Waals surface area contributed by atoms with Crippen LogP contribution in [-0.4, -0.2) is 20.4 Å². The first-order valence-corrected chi connectivity index (χ1v) is 5.95. The van der Waals surface area contributed by atoms with Crippen LogP contribution in [0, 0.1) is 0 Å². The number of hydrogen-bond acceptors (Lipinski definition) is 5. The molecule has 13 heavy (non-hydrogen) atoms. The van der Waals surface area contributed by atoms with Crippen LogP contribution >= 0.6 is 23.3 Å². The molecule has 0 N–H and O–H groups in total. The summed E-state index contributed by atoms with van der Waals surface area (Å²) >= 11 is 3.11. The van der Waals surface area contributed by atoms with Crippen LogP contribution in [0.5, 0.6) is 0 Å². The maximum Gasteiger partial charge on any atom is 0.170 e. The Labute approximate surface area is 85.1 Å². The second-order valence-electron chi connectivity index (χ2n) is 3.08. The molecule has 2 rings (SSSR count). The second-order valence-corrected chi connectivity index (χ2v) is 5.41. The number of thioether (sulfide) groups is 1. The van der Waals surface area contributed by atoms with Crippen molar-refractivity contribution < 1.29 is 4.79 Å². The number of aromatic nitrogens is 2. The van der Waals surface area contributed by atoms with Crippen LogP contribution in [0.2, 0.25) is 0 Å². The zero-order valence-corrected chi connectivity index (χ0v) is 8.74. The van der Waals surface area contributed by atoms with Gasteiger partial charge in [-0.25, -0.2) is 4.98 Å². The number of ketones is 1. The van der Waals surface area contributed by atoms with Crippen LogP contribution in [-0.2, 0) is 4.79 Å². The van der Waals surface area contributed by atoms with E-state index in [0.29, 0.717) is 17.5 Å². The molecule has 1 aromatic heterocycles. The lowest BCUT2D eigenvalue weighted by Crippen LogP contribution is -2.16. The molecule has 0 radical (unpaired) electrons.